The predicted molar refractivity (Wildman–Crippen MR) is 135 cm³/mol. The molecule has 0 radical (unpaired) electrons. The fourth-order valence-electron chi connectivity index (χ4n) is 5.42. The maximum absolute atomic E-state index is 12.9. The highest BCUT2D eigenvalue weighted by Gasteiger charge is 2.43. The SMILES string of the molecule is COc1ccc2c(c1)OC1(CCN(c3cc(C)c4c(C)nn(-c5ccccc5)c4n3)CC1)CC2=O. The topological polar surface area (TPSA) is 69.5 Å². The van der Waals surface area contributed by atoms with Gasteiger partial charge in [-0.1, -0.05) is 18.2 Å². The van der Waals surface area contributed by atoms with Crippen LogP contribution in [0.3, 0.4) is 0 Å². The first-order valence-electron chi connectivity index (χ1n) is 12.0. The molecule has 2 aliphatic heterocycles. The molecule has 35 heavy (non-hydrogen) atoms. The van der Waals surface area contributed by atoms with Gasteiger partial charge in [0.1, 0.15) is 22.9 Å². The van der Waals surface area contributed by atoms with Gasteiger partial charge in [0, 0.05) is 37.4 Å². The zero-order valence-corrected chi connectivity index (χ0v) is 20.2. The molecule has 0 aliphatic carbocycles. The molecule has 6 rings (SSSR count). The number of ketones is 1. The Bertz CT molecular complexity index is 1440. The van der Waals surface area contributed by atoms with Crippen LogP contribution in [-0.2, 0) is 0 Å². The second-order valence-corrected chi connectivity index (χ2v) is 9.56. The van der Waals surface area contributed by atoms with E-state index in [-0.39, 0.29) is 5.78 Å². The summed E-state index contributed by atoms with van der Waals surface area (Å²) in [5, 5.41) is 5.88. The molecule has 178 valence electrons. The van der Waals surface area contributed by atoms with Crippen LogP contribution in [0.5, 0.6) is 11.5 Å². The molecule has 1 spiro atoms. The number of pyridine rings is 1. The van der Waals surface area contributed by atoms with Crippen LogP contribution in [0.2, 0.25) is 0 Å². The second kappa shape index (κ2) is 8.12. The lowest BCUT2D eigenvalue weighted by molar-refractivity contribution is 0.0229. The van der Waals surface area contributed by atoms with Crippen LogP contribution in [0, 0.1) is 13.8 Å². The van der Waals surface area contributed by atoms with Crippen molar-refractivity contribution in [3.8, 4) is 17.2 Å². The van der Waals surface area contributed by atoms with E-state index in [0.29, 0.717) is 23.5 Å². The number of rotatable bonds is 3. The van der Waals surface area contributed by atoms with Crippen molar-refractivity contribution in [2.24, 2.45) is 0 Å². The summed E-state index contributed by atoms with van der Waals surface area (Å²) in [6, 6.07) is 17.7. The van der Waals surface area contributed by atoms with Crippen molar-refractivity contribution in [2.45, 2.75) is 38.7 Å². The molecule has 1 saturated heterocycles. The summed E-state index contributed by atoms with van der Waals surface area (Å²) in [6.07, 6.45) is 1.92. The highest BCUT2D eigenvalue weighted by Crippen LogP contribution is 2.41. The lowest BCUT2D eigenvalue weighted by Crippen LogP contribution is -2.51. The zero-order valence-electron chi connectivity index (χ0n) is 20.2. The first kappa shape index (κ1) is 21.6. The van der Waals surface area contributed by atoms with Gasteiger partial charge >= 0.3 is 0 Å². The molecule has 4 aromatic rings. The van der Waals surface area contributed by atoms with Crippen molar-refractivity contribution >= 4 is 22.6 Å². The van der Waals surface area contributed by atoms with E-state index in [1.54, 1.807) is 13.2 Å². The summed E-state index contributed by atoms with van der Waals surface area (Å²) in [6.45, 7) is 5.69. The quantitative estimate of drug-likeness (QED) is 0.419. The Morgan fingerprint density at radius 2 is 1.80 bits per heavy atom. The van der Waals surface area contributed by atoms with Crippen molar-refractivity contribution < 1.29 is 14.3 Å². The summed E-state index contributed by atoms with van der Waals surface area (Å²) in [7, 11) is 1.62. The Hall–Kier alpha value is -3.87. The van der Waals surface area contributed by atoms with E-state index in [1.165, 1.54) is 0 Å². The van der Waals surface area contributed by atoms with E-state index in [9.17, 15) is 4.79 Å². The van der Waals surface area contributed by atoms with E-state index in [4.69, 9.17) is 19.6 Å². The van der Waals surface area contributed by atoms with Gasteiger partial charge in [-0.3, -0.25) is 4.79 Å². The maximum Gasteiger partial charge on any atom is 0.170 e. The predicted octanol–water partition coefficient (Wildman–Crippen LogP) is 5.05. The largest absolute Gasteiger partial charge is 0.497 e. The lowest BCUT2D eigenvalue weighted by Gasteiger charge is -2.44. The lowest BCUT2D eigenvalue weighted by atomic mass is 9.82. The molecule has 0 N–H and O–H groups in total. The molecule has 2 aromatic carbocycles. The Morgan fingerprint density at radius 1 is 1.03 bits per heavy atom. The molecule has 0 unspecified atom stereocenters. The van der Waals surface area contributed by atoms with Gasteiger partial charge in [0.25, 0.3) is 0 Å². The van der Waals surface area contributed by atoms with Crippen LogP contribution in [-0.4, -0.2) is 46.3 Å². The van der Waals surface area contributed by atoms with Gasteiger partial charge in [-0.05, 0) is 49.7 Å². The Morgan fingerprint density at radius 3 is 2.54 bits per heavy atom. The number of fused-ring (bicyclic) bond motifs is 2. The summed E-state index contributed by atoms with van der Waals surface area (Å²) < 4.78 is 13.7. The highest BCUT2D eigenvalue weighted by atomic mass is 16.5. The van der Waals surface area contributed by atoms with Gasteiger partial charge < -0.3 is 14.4 Å². The van der Waals surface area contributed by atoms with Crippen LogP contribution in [0.1, 0.15) is 40.9 Å². The molecule has 1 fully saturated rings. The molecule has 7 nitrogen and oxygen atoms in total. The second-order valence-electron chi connectivity index (χ2n) is 9.56. The highest BCUT2D eigenvalue weighted by molar-refractivity contribution is 6.00. The fraction of sp³-hybridized carbons (Fsp3) is 0.321. The van der Waals surface area contributed by atoms with E-state index in [0.717, 1.165) is 59.7 Å². The van der Waals surface area contributed by atoms with Gasteiger partial charge in [0.2, 0.25) is 0 Å². The molecular formula is C28H28N4O3. The van der Waals surface area contributed by atoms with Gasteiger partial charge in [-0.2, -0.15) is 5.10 Å². The van der Waals surface area contributed by atoms with Crippen molar-refractivity contribution in [3.05, 3.63) is 71.4 Å². The minimum Gasteiger partial charge on any atom is -0.497 e. The number of methoxy groups -OCH3 is 1. The number of carbonyl (C=O) groups excluding carboxylic acids is 1. The smallest absolute Gasteiger partial charge is 0.170 e. The fourth-order valence-corrected chi connectivity index (χ4v) is 5.42. The number of ether oxygens (including phenoxy) is 2. The van der Waals surface area contributed by atoms with Crippen molar-refractivity contribution in [2.75, 3.05) is 25.1 Å². The number of hydrogen-bond acceptors (Lipinski definition) is 6. The van der Waals surface area contributed by atoms with Crippen LogP contribution in [0.15, 0.2) is 54.6 Å². The molecule has 4 heterocycles. The average molecular weight is 469 g/mol. The van der Waals surface area contributed by atoms with Crippen molar-refractivity contribution in [1.82, 2.24) is 14.8 Å². The van der Waals surface area contributed by atoms with Crippen LogP contribution in [0.25, 0.3) is 16.7 Å². The molecular weight excluding hydrogens is 440 g/mol. The molecule has 0 bridgehead atoms. The number of para-hydroxylation sites is 1. The number of nitrogens with zero attached hydrogens (tertiary/aromatic N) is 4. The van der Waals surface area contributed by atoms with Crippen LogP contribution < -0.4 is 14.4 Å². The number of hydrogen-bond donors (Lipinski definition) is 0. The van der Waals surface area contributed by atoms with Crippen molar-refractivity contribution in [1.29, 1.82) is 0 Å². The number of benzene rings is 2. The molecule has 0 saturated carbocycles. The Labute approximate surface area is 204 Å². The molecule has 0 amide bonds. The number of Topliss-reactive ketones (excluding diaryl/α,β-unsaturated/α-hetero) is 1. The monoisotopic (exact) mass is 468 g/mol. The van der Waals surface area contributed by atoms with E-state index in [1.807, 2.05) is 54.1 Å². The molecule has 7 heteroatoms. The first-order chi connectivity index (χ1) is 17.0. The van der Waals surface area contributed by atoms with Gasteiger partial charge in [0.15, 0.2) is 11.4 Å². The van der Waals surface area contributed by atoms with Gasteiger partial charge in [0.05, 0.1) is 30.5 Å². The third-order valence-electron chi connectivity index (χ3n) is 7.29. The van der Waals surface area contributed by atoms with E-state index >= 15 is 0 Å². The number of carbonyl (C=O) groups is 1. The summed E-state index contributed by atoms with van der Waals surface area (Å²) in [4.78, 5) is 20.3. The van der Waals surface area contributed by atoms with E-state index < -0.39 is 5.60 Å². The number of aryl methyl sites for hydroxylation is 2. The van der Waals surface area contributed by atoms with Crippen LogP contribution >= 0.6 is 0 Å². The summed E-state index contributed by atoms with van der Waals surface area (Å²) >= 11 is 0. The Balaban J connectivity index is 1.29. The van der Waals surface area contributed by atoms with Crippen molar-refractivity contribution in [3.63, 3.8) is 0 Å². The molecule has 2 aromatic heterocycles. The van der Waals surface area contributed by atoms with Gasteiger partial charge in [-0.15, -0.1) is 0 Å². The number of anilines is 1. The molecule has 2 aliphatic rings. The third-order valence-corrected chi connectivity index (χ3v) is 7.29. The minimum absolute atomic E-state index is 0.139. The minimum atomic E-state index is -0.478. The normalized spacial score (nSPS) is 16.9. The van der Waals surface area contributed by atoms with Gasteiger partial charge in [-0.25, -0.2) is 9.67 Å². The van der Waals surface area contributed by atoms with E-state index in [2.05, 4.69) is 17.9 Å². The third kappa shape index (κ3) is 3.62. The Kier molecular flexibility index (Phi) is 5.02. The summed E-state index contributed by atoms with van der Waals surface area (Å²) in [5.41, 5.74) is 4.17. The maximum atomic E-state index is 12.9. The first-order valence-corrected chi connectivity index (χ1v) is 12.0. The zero-order chi connectivity index (χ0) is 24.2. The van der Waals surface area contributed by atoms with Crippen LogP contribution in [0.4, 0.5) is 5.82 Å². The average Bonchev–Trinajstić information content (AvgIpc) is 3.21. The number of piperidine rings is 1. The standard InChI is InChI=1S/C28H28N4O3/c1-18-15-25(29-27-26(18)19(2)30-32(27)20-7-5-4-6-8-20)31-13-11-28(12-14-31)17-23(33)22-10-9-21(34-3)16-24(22)35-28/h4-10,15-16H,11-14,17H2,1-3H3. The molecule has 0 atom stereocenters. The number of aromatic nitrogens is 3. The summed E-state index contributed by atoms with van der Waals surface area (Å²) in [5.74, 6) is 2.40.